The number of piperazine rings is 1. The molecule has 0 radical (unpaired) electrons. The van der Waals surface area contributed by atoms with E-state index in [2.05, 4.69) is 16.0 Å². The smallest absolute Gasteiger partial charge is 0.282 e. The highest BCUT2D eigenvalue weighted by atomic mass is 32.1. The number of aromatic nitrogens is 1. The molecule has 1 aromatic heterocycles. The Morgan fingerprint density at radius 3 is 2.50 bits per heavy atom. The molecule has 0 aliphatic carbocycles. The number of hydrogen-bond acceptors (Lipinski definition) is 6. The molecular weight excluding hydrogens is 496 g/mol. The van der Waals surface area contributed by atoms with Gasteiger partial charge in [-0.25, -0.2) is 4.98 Å². The molecule has 7 nitrogen and oxygen atoms in total. The summed E-state index contributed by atoms with van der Waals surface area (Å²) in [5.41, 5.74) is 2.86. The van der Waals surface area contributed by atoms with Crippen LogP contribution in [0.25, 0.3) is 11.1 Å². The molecule has 1 unspecified atom stereocenters. The summed E-state index contributed by atoms with van der Waals surface area (Å²) >= 11 is 1.37. The molecule has 2 amide bonds. The Morgan fingerprint density at radius 1 is 0.921 bits per heavy atom. The van der Waals surface area contributed by atoms with Crippen LogP contribution in [0.3, 0.4) is 0 Å². The Bertz CT molecular complexity index is 1420. The second kappa shape index (κ2) is 10.8. The average molecular weight is 525 g/mol. The highest BCUT2D eigenvalue weighted by Gasteiger charge is 2.36. The first kappa shape index (κ1) is 24.3. The minimum atomic E-state index is -0.00267. The number of ether oxygens (including phenoxy) is 1. The van der Waals surface area contributed by atoms with Gasteiger partial charge in [-0.15, -0.1) is 11.3 Å². The Hall–Kier alpha value is -4.01. The van der Waals surface area contributed by atoms with Crippen molar-refractivity contribution < 1.29 is 14.3 Å². The number of carbonyl (C=O) groups excluding carboxylic acids is 2. The van der Waals surface area contributed by atoms with Crippen LogP contribution in [-0.4, -0.2) is 65.4 Å². The lowest BCUT2D eigenvalue weighted by atomic mass is 10.0. The van der Waals surface area contributed by atoms with Crippen molar-refractivity contribution >= 4 is 28.8 Å². The fraction of sp³-hybridized carbons (Fsp3) is 0.233. The molecule has 3 aromatic carbocycles. The van der Waals surface area contributed by atoms with E-state index < -0.39 is 0 Å². The van der Waals surface area contributed by atoms with E-state index in [1.807, 2.05) is 88.0 Å². The Kier molecular flexibility index (Phi) is 6.90. The van der Waals surface area contributed by atoms with E-state index in [0.717, 1.165) is 41.4 Å². The highest BCUT2D eigenvalue weighted by Crippen LogP contribution is 2.36. The quantitative estimate of drug-likeness (QED) is 0.348. The predicted molar refractivity (Wildman–Crippen MR) is 149 cm³/mol. The van der Waals surface area contributed by atoms with Gasteiger partial charge in [0.15, 0.2) is 5.01 Å². The molecule has 4 aromatic rings. The van der Waals surface area contributed by atoms with Crippen molar-refractivity contribution in [2.75, 3.05) is 37.6 Å². The molecular formula is C30H28N4O3S. The zero-order chi connectivity index (χ0) is 25.9. The standard InChI is InChI=1S/C30H28N4O3S/c35-28-20-24(32-14-16-33(17-15-32)30(36)29-31-13-18-38-29)21-34(28)23-8-6-7-22(19-23)26-11-4-5-12-27(26)37-25-9-2-1-3-10-25/h1-13,18-19,24H,14-17,20-21H2. The van der Waals surface area contributed by atoms with Crippen LogP contribution in [0.15, 0.2) is 90.4 Å². The molecule has 192 valence electrons. The van der Waals surface area contributed by atoms with Crippen LogP contribution >= 0.6 is 11.3 Å². The number of benzene rings is 3. The van der Waals surface area contributed by atoms with Crippen LogP contribution < -0.4 is 9.64 Å². The van der Waals surface area contributed by atoms with Gasteiger partial charge in [-0.3, -0.25) is 14.5 Å². The second-order valence-electron chi connectivity index (χ2n) is 9.49. The molecule has 38 heavy (non-hydrogen) atoms. The summed E-state index contributed by atoms with van der Waals surface area (Å²) in [7, 11) is 0. The summed E-state index contributed by atoms with van der Waals surface area (Å²) in [4.78, 5) is 36.0. The number of anilines is 1. The Balaban J connectivity index is 1.14. The molecule has 8 heteroatoms. The van der Waals surface area contributed by atoms with Crippen LogP contribution in [0.5, 0.6) is 11.5 Å². The summed E-state index contributed by atoms with van der Waals surface area (Å²) in [6.45, 7) is 3.46. The lowest BCUT2D eigenvalue weighted by Gasteiger charge is -2.37. The lowest BCUT2D eigenvalue weighted by Crippen LogP contribution is -2.52. The van der Waals surface area contributed by atoms with E-state index in [1.165, 1.54) is 11.3 Å². The number of hydrogen-bond donors (Lipinski definition) is 0. The van der Waals surface area contributed by atoms with Gasteiger partial charge in [-0.1, -0.05) is 48.5 Å². The van der Waals surface area contributed by atoms with Crippen molar-refractivity contribution in [2.24, 2.45) is 0 Å². The Morgan fingerprint density at radius 2 is 1.71 bits per heavy atom. The minimum Gasteiger partial charge on any atom is -0.457 e. The molecule has 0 saturated carbocycles. The maximum atomic E-state index is 13.1. The number of thiazole rings is 1. The van der Waals surface area contributed by atoms with Crippen LogP contribution in [0.4, 0.5) is 5.69 Å². The molecule has 2 aliphatic rings. The number of rotatable bonds is 6. The third-order valence-corrected chi connectivity index (χ3v) is 7.93. The van der Waals surface area contributed by atoms with Crippen molar-refractivity contribution in [2.45, 2.75) is 12.5 Å². The van der Waals surface area contributed by atoms with Crippen LogP contribution in [-0.2, 0) is 4.79 Å². The van der Waals surface area contributed by atoms with Gasteiger partial charge in [0, 0.05) is 68.0 Å². The number of para-hydroxylation sites is 2. The largest absolute Gasteiger partial charge is 0.457 e. The molecule has 0 bridgehead atoms. The fourth-order valence-electron chi connectivity index (χ4n) is 5.19. The minimum absolute atomic E-state index is 0.00267. The first-order chi connectivity index (χ1) is 18.7. The summed E-state index contributed by atoms with van der Waals surface area (Å²) < 4.78 is 6.18. The number of amides is 2. The normalized spacial score (nSPS) is 18.1. The zero-order valence-corrected chi connectivity index (χ0v) is 21.7. The van der Waals surface area contributed by atoms with Gasteiger partial charge in [0.05, 0.1) is 0 Å². The van der Waals surface area contributed by atoms with Crippen molar-refractivity contribution in [1.82, 2.24) is 14.8 Å². The van der Waals surface area contributed by atoms with E-state index in [9.17, 15) is 9.59 Å². The molecule has 3 heterocycles. The van der Waals surface area contributed by atoms with Gasteiger partial charge in [-0.2, -0.15) is 0 Å². The third-order valence-electron chi connectivity index (χ3n) is 7.16. The Labute approximate surface area is 225 Å². The van der Waals surface area contributed by atoms with E-state index in [0.29, 0.717) is 31.1 Å². The number of nitrogens with zero attached hydrogens (tertiary/aromatic N) is 4. The van der Waals surface area contributed by atoms with Gasteiger partial charge in [-0.05, 0) is 35.9 Å². The van der Waals surface area contributed by atoms with Gasteiger partial charge in [0.25, 0.3) is 5.91 Å². The molecule has 6 rings (SSSR count). The van der Waals surface area contributed by atoms with Crippen molar-refractivity contribution in [3.8, 4) is 22.6 Å². The van der Waals surface area contributed by atoms with Gasteiger partial charge < -0.3 is 14.5 Å². The average Bonchev–Trinajstić information content (AvgIpc) is 3.64. The lowest BCUT2D eigenvalue weighted by molar-refractivity contribution is -0.117. The summed E-state index contributed by atoms with van der Waals surface area (Å²) in [6, 6.07) is 25.9. The summed E-state index contributed by atoms with van der Waals surface area (Å²) in [6.07, 6.45) is 2.15. The molecule has 1 atom stereocenters. The molecule has 0 spiro atoms. The van der Waals surface area contributed by atoms with E-state index in [-0.39, 0.29) is 17.9 Å². The van der Waals surface area contributed by atoms with Crippen LogP contribution in [0, 0.1) is 0 Å². The maximum Gasteiger partial charge on any atom is 0.282 e. The molecule has 2 saturated heterocycles. The fourth-order valence-corrected chi connectivity index (χ4v) is 5.79. The SMILES string of the molecule is O=C(c1nccs1)N1CCN(C2CC(=O)N(c3cccc(-c4ccccc4Oc4ccccc4)c3)C2)CC1. The molecule has 2 fully saturated rings. The van der Waals surface area contributed by atoms with E-state index in [4.69, 9.17) is 4.74 Å². The molecule has 2 aliphatic heterocycles. The highest BCUT2D eigenvalue weighted by molar-refractivity contribution is 7.11. The predicted octanol–water partition coefficient (Wildman–Crippen LogP) is 5.17. The van der Waals surface area contributed by atoms with Crippen LogP contribution in [0.2, 0.25) is 0 Å². The molecule has 0 N–H and O–H groups in total. The maximum absolute atomic E-state index is 13.1. The first-order valence-corrected chi connectivity index (χ1v) is 13.7. The monoisotopic (exact) mass is 524 g/mol. The van der Waals surface area contributed by atoms with Crippen molar-refractivity contribution in [1.29, 1.82) is 0 Å². The van der Waals surface area contributed by atoms with Crippen molar-refractivity contribution in [3.63, 3.8) is 0 Å². The zero-order valence-electron chi connectivity index (χ0n) is 20.9. The second-order valence-corrected chi connectivity index (χ2v) is 10.4. The first-order valence-electron chi connectivity index (χ1n) is 12.8. The topological polar surface area (TPSA) is 66.0 Å². The third kappa shape index (κ3) is 5.05. The van der Waals surface area contributed by atoms with Gasteiger partial charge >= 0.3 is 0 Å². The van der Waals surface area contributed by atoms with Crippen LogP contribution in [0.1, 0.15) is 16.2 Å². The van der Waals surface area contributed by atoms with Crippen molar-refractivity contribution in [3.05, 3.63) is 95.4 Å². The summed E-state index contributed by atoms with van der Waals surface area (Å²) in [5, 5.41) is 2.36. The van der Waals surface area contributed by atoms with E-state index in [1.54, 1.807) is 6.20 Å². The van der Waals surface area contributed by atoms with E-state index >= 15 is 0 Å². The van der Waals surface area contributed by atoms with Gasteiger partial charge in [0.1, 0.15) is 11.5 Å². The van der Waals surface area contributed by atoms with Gasteiger partial charge in [0.2, 0.25) is 5.91 Å². The number of carbonyl (C=O) groups is 2. The summed E-state index contributed by atoms with van der Waals surface area (Å²) in [5.74, 6) is 1.67.